The van der Waals surface area contributed by atoms with Crippen molar-refractivity contribution in [2.75, 3.05) is 13.1 Å². The van der Waals surface area contributed by atoms with Gasteiger partial charge in [-0.3, -0.25) is 9.59 Å². The third-order valence-electron chi connectivity index (χ3n) is 5.87. The maximum absolute atomic E-state index is 13.3. The van der Waals surface area contributed by atoms with Gasteiger partial charge in [-0.1, -0.05) is 42.0 Å². The Morgan fingerprint density at radius 3 is 2.23 bits per heavy atom. The Balaban J connectivity index is 1.65. The lowest BCUT2D eigenvalue weighted by Gasteiger charge is -2.33. The number of nitrogens with zero attached hydrogens (tertiary/aromatic N) is 1. The molecule has 2 aromatic rings. The molecule has 190 valence electrons. The number of aryl methyl sites for hydroxylation is 1. The zero-order chi connectivity index (χ0) is 25.8. The molecule has 0 saturated carbocycles. The molecular weight excluding hydrogens is 483 g/mol. The van der Waals surface area contributed by atoms with Gasteiger partial charge in [0.2, 0.25) is 21.8 Å². The summed E-state index contributed by atoms with van der Waals surface area (Å²) in [5.41, 5.74) is 0.729. The molecule has 2 N–H and O–H groups in total. The first-order valence-corrected chi connectivity index (χ1v) is 12.6. The topological polar surface area (TPSA) is 95.6 Å². The van der Waals surface area contributed by atoms with Gasteiger partial charge in [-0.25, -0.2) is 8.42 Å². The lowest BCUT2D eigenvalue weighted by molar-refractivity contribution is -0.140. The van der Waals surface area contributed by atoms with E-state index in [9.17, 15) is 31.2 Å². The number of rotatable bonds is 7. The summed E-state index contributed by atoms with van der Waals surface area (Å²) in [7, 11) is -4.36. The molecule has 3 rings (SSSR count). The zero-order valence-corrected chi connectivity index (χ0v) is 20.2. The van der Waals surface area contributed by atoms with Gasteiger partial charge in [-0.15, -0.1) is 0 Å². The van der Waals surface area contributed by atoms with E-state index < -0.39 is 38.6 Å². The largest absolute Gasteiger partial charge is 0.417 e. The second-order valence-corrected chi connectivity index (χ2v) is 10.5. The number of sulfonamides is 1. The highest BCUT2D eigenvalue weighted by atomic mass is 32.2. The van der Waals surface area contributed by atoms with Gasteiger partial charge in [0.05, 0.1) is 10.5 Å². The van der Waals surface area contributed by atoms with E-state index in [2.05, 4.69) is 10.6 Å². The standard InChI is InChI=1S/C24H28F3N3O4S/c1-16-7-9-18(10-8-16)15-21(28-17(2)31)23(32)29-19-11-13-30(14-12-19)35(33,34)22-6-4-3-5-20(22)24(25,26)27/h3-10,19,21H,11-15H2,1-2H3,(H,28,31)(H,29,32)/t21-/m1/s1. The average molecular weight is 512 g/mol. The molecular formula is C24H28F3N3O4S. The van der Waals surface area contributed by atoms with Gasteiger partial charge in [-0.05, 0) is 37.5 Å². The molecule has 0 aliphatic carbocycles. The number of nitrogens with one attached hydrogen (secondary N) is 2. The van der Waals surface area contributed by atoms with E-state index in [4.69, 9.17) is 0 Å². The molecule has 1 heterocycles. The Kier molecular flexibility index (Phi) is 8.22. The van der Waals surface area contributed by atoms with Crippen LogP contribution in [0.3, 0.4) is 0 Å². The van der Waals surface area contributed by atoms with Crippen molar-refractivity contribution >= 4 is 21.8 Å². The molecule has 0 spiro atoms. The van der Waals surface area contributed by atoms with E-state index >= 15 is 0 Å². The van der Waals surface area contributed by atoms with Crippen molar-refractivity contribution in [2.45, 2.75) is 56.3 Å². The number of halogens is 3. The number of hydrogen-bond acceptors (Lipinski definition) is 4. The van der Waals surface area contributed by atoms with E-state index in [1.54, 1.807) is 0 Å². The lowest BCUT2D eigenvalue weighted by atomic mass is 10.0. The zero-order valence-electron chi connectivity index (χ0n) is 19.4. The Labute approximate surface area is 202 Å². The van der Waals surface area contributed by atoms with Crippen molar-refractivity contribution in [1.82, 2.24) is 14.9 Å². The van der Waals surface area contributed by atoms with E-state index in [-0.39, 0.29) is 44.3 Å². The molecule has 0 radical (unpaired) electrons. The summed E-state index contributed by atoms with van der Waals surface area (Å²) < 4.78 is 66.9. The van der Waals surface area contributed by atoms with Crippen LogP contribution in [0.4, 0.5) is 13.2 Å². The number of carbonyl (C=O) groups is 2. The molecule has 0 unspecified atom stereocenters. The molecule has 35 heavy (non-hydrogen) atoms. The number of alkyl halides is 3. The predicted molar refractivity (Wildman–Crippen MR) is 124 cm³/mol. The number of hydrogen-bond donors (Lipinski definition) is 2. The van der Waals surface area contributed by atoms with E-state index in [1.807, 2.05) is 31.2 Å². The van der Waals surface area contributed by atoms with Crippen molar-refractivity contribution in [2.24, 2.45) is 0 Å². The summed E-state index contributed by atoms with van der Waals surface area (Å²) in [6, 6.07) is 10.5. The van der Waals surface area contributed by atoms with Crippen molar-refractivity contribution in [3.05, 3.63) is 65.2 Å². The minimum absolute atomic E-state index is 0.0394. The second kappa shape index (κ2) is 10.8. The molecule has 2 aromatic carbocycles. The predicted octanol–water partition coefficient (Wildman–Crippen LogP) is 3.03. The maximum atomic E-state index is 13.3. The van der Waals surface area contributed by atoms with Crippen molar-refractivity contribution in [1.29, 1.82) is 0 Å². The van der Waals surface area contributed by atoms with E-state index in [0.29, 0.717) is 0 Å². The van der Waals surface area contributed by atoms with Crippen LogP contribution < -0.4 is 10.6 Å². The highest BCUT2D eigenvalue weighted by Gasteiger charge is 2.39. The van der Waals surface area contributed by atoms with Crippen molar-refractivity contribution in [3.8, 4) is 0 Å². The Bertz CT molecular complexity index is 1160. The first-order chi connectivity index (χ1) is 16.4. The van der Waals surface area contributed by atoms with Crippen LogP contribution in [0.1, 0.15) is 36.5 Å². The Morgan fingerprint density at radius 1 is 1.06 bits per heavy atom. The van der Waals surface area contributed by atoms with Crippen LogP contribution >= 0.6 is 0 Å². The summed E-state index contributed by atoms with van der Waals surface area (Å²) in [6.07, 6.45) is -4.05. The van der Waals surface area contributed by atoms with Gasteiger partial charge in [0.15, 0.2) is 0 Å². The number of amides is 2. The van der Waals surface area contributed by atoms with Crippen LogP contribution in [0.2, 0.25) is 0 Å². The summed E-state index contributed by atoms with van der Waals surface area (Å²) in [5.74, 6) is -0.758. The van der Waals surface area contributed by atoms with Crippen LogP contribution in [-0.4, -0.2) is 49.7 Å². The van der Waals surface area contributed by atoms with Crippen LogP contribution in [0.15, 0.2) is 53.4 Å². The molecule has 7 nitrogen and oxygen atoms in total. The quantitative estimate of drug-likeness (QED) is 0.598. The number of carbonyl (C=O) groups excluding carboxylic acids is 2. The van der Waals surface area contributed by atoms with Crippen LogP contribution in [0.5, 0.6) is 0 Å². The highest BCUT2D eigenvalue weighted by Crippen LogP contribution is 2.35. The molecule has 1 fully saturated rings. The van der Waals surface area contributed by atoms with Gasteiger partial charge in [-0.2, -0.15) is 17.5 Å². The molecule has 1 aliphatic heterocycles. The third kappa shape index (κ3) is 6.82. The third-order valence-corrected chi connectivity index (χ3v) is 7.82. The SMILES string of the molecule is CC(=O)N[C@H](Cc1ccc(C)cc1)C(=O)NC1CCN(S(=O)(=O)c2ccccc2C(F)(F)F)CC1. The van der Waals surface area contributed by atoms with Gasteiger partial charge in [0.25, 0.3) is 0 Å². The first kappa shape index (κ1) is 26.7. The fraction of sp³-hybridized carbons (Fsp3) is 0.417. The maximum Gasteiger partial charge on any atom is 0.417 e. The highest BCUT2D eigenvalue weighted by molar-refractivity contribution is 7.89. The molecule has 11 heteroatoms. The molecule has 1 aliphatic rings. The van der Waals surface area contributed by atoms with Crippen molar-refractivity contribution < 1.29 is 31.2 Å². The fourth-order valence-electron chi connectivity index (χ4n) is 4.02. The smallest absolute Gasteiger partial charge is 0.351 e. The molecule has 1 saturated heterocycles. The first-order valence-electron chi connectivity index (χ1n) is 11.2. The fourth-order valence-corrected chi connectivity index (χ4v) is 5.70. The minimum atomic E-state index is -4.80. The monoisotopic (exact) mass is 511 g/mol. The van der Waals surface area contributed by atoms with Gasteiger partial charge in [0.1, 0.15) is 6.04 Å². The normalized spacial score (nSPS) is 16.5. The molecule has 0 bridgehead atoms. The molecule has 0 aromatic heterocycles. The van der Waals surface area contributed by atoms with E-state index in [0.717, 1.165) is 33.6 Å². The van der Waals surface area contributed by atoms with Gasteiger partial charge >= 0.3 is 6.18 Å². The lowest BCUT2D eigenvalue weighted by Crippen LogP contribution is -2.53. The summed E-state index contributed by atoms with van der Waals surface area (Å²) in [4.78, 5) is 23.7. The van der Waals surface area contributed by atoms with Crippen molar-refractivity contribution in [3.63, 3.8) is 0 Å². The summed E-state index contributed by atoms with van der Waals surface area (Å²) in [5, 5.41) is 5.49. The molecule has 1 atom stereocenters. The van der Waals surface area contributed by atoms with Crippen LogP contribution in [-0.2, 0) is 32.2 Å². The Hall–Kier alpha value is -2.92. The van der Waals surface area contributed by atoms with E-state index in [1.165, 1.54) is 13.0 Å². The van der Waals surface area contributed by atoms with Gasteiger partial charge in [0, 0.05) is 32.5 Å². The van der Waals surface area contributed by atoms with Crippen LogP contribution in [0.25, 0.3) is 0 Å². The average Bonchev–Trinajstić information content (AvgIpc) is 2.79. The number of piperidine rings is 1. The molecule has 2 amide bonds. The Morgan fingerprint density at radius 2 is 1.66 bits per heavy atom. The van der Waals surface area contributed by atoms with Crippen LogP contribution in [0, 0.1) is 6.92 Å². The summed E-state index contributed by atoms with van der Waals surface area (Å²) in [6.45, 7) is 3.18. The second-order valence-electron chi connectivity index (χ2n) is 8.62. The minimum Gasteiger partial charge on any atom is -0.351 e. The van der Waals surface area contributed by atoms with Gasteiger partial charge < -0.3 is 10.6 Å². The number of benzene rings is 2. The summed E-state index contributed by atoms with van der Waals surface area (Å²) >= 11 is 0.